The van der Waals surface area contributed by atoms with Gasteiger partial charge in [0.2, 0.25) is 27.7 Å². The number of allylic oxidation sites excluding steroid dienone is 1. The second-order valence-electron chi connectivity index (χ2n) is 13.9. The second-order valence-corrected chi connectivity index (χ2v) is 15.8. The fraction of sp³-hybridized carbons (Fsp3) is 0.486. The highest BCUT2D eigenvalue weighted by atomic mass is 32.2. The van der Waals surface area contributed by atoms with E-state index >= 15 is 0 Å². The number of sulfonamides is 1. The van der Waals surface area contributed by atoms with Crippen LogP contribution < -0.4 is 20.1 Å². The topological polar surface area (TPSA) is 203 Å². The standard InChI is InChI=1S/C35H39FN8O7S/c1-20-32(41-28-15-22(36)9-12-25(28)39-20)51-23-16-29-31(46)42-35(34(48)43-52(49,50)24-10-11-24)17-21(35)7-5-3-2-4-6-8-27(33(47)44(29)18-23)40-30(45)26-13-14-37-19-38-26/h5,7,9,12-15,19,21,23-24,27,29H,2-4,6,8,10-11,16-18H2,1H3,(H,40,45)(H,42,46)(H,43,48)/t21-,23-,27+,29+,35-/m1/s1. The Labute approximate surface area is 299 Å². The third-order valence-corrected chi connectivity index (χ3v) is 11.8. The summed E-state index contributed by atoms with van der Waals surface area (Å²) in [6, 6.07) is 3.23. The molecule has 2 aromatic heterocycles. The molecule has 7 rings (SSSR count). The van der Waals surface area contributed by atoms with Crippen LogP contribution in [0.5, 0.6) is 5.88 Å². The van der Waals surface area contributed by atoms with Crippen molar-refractivity contribution in [2.45, 2.75) is 93.7 Å². The van der Waals surface area contributed by atoms with Crippen LogP contribution in [0.2, 0.25) is 0 Å². The van der Waals surface area contributed by atoms with E-state index in [9.17, 15) is 32.0 Å². The van der Waals surface area contributed by atoms with E-state index in [4.69, 9.17) is 4.74 Å². The Kier molecular flexibility index (Phi) is 9.63. The van der Waals surface area contributed by atoms with Crippen LogP contribution in [0.4, 0.5) is 4.39 Å². The number of aryl methyl sites for hydroxylation is 1. The Morgan fingerprint density at radius 3 is 2.67 bits per heavy atom. The number of fused-ring (bicyclic) bond motifs is 3. The zero-order chi connectivity index (χ0) is 36.6. The summed E-state index contributed by atoms with van der Waals surface area (Å²) >= 11 is 0. The van der Waals surface area contributed by atoms with Gasteiger partial charge in [-0.15, -0.1) is 0 Å². The number of amides is 4. The molecule has 0 spiro atoms. The summed E-state index contributed by atoms with van der Waals surface area (Å²) in [6.07, 6.45) is 9.73. The largest absolute Gasteiger partial charge is 0.471 e. The molecule has 274 valence electrons. The van der Waals surface area contributed by atoms with Gasteiger partial charge in [0.05, 0.1) is 22.8 Å². The first-order valence-corrected chi connectivity index (χ1v) is 19.0. The van der Waals surface area contributed by atoms with Crippen LogP contribution in [0, 0.1) is 18.7 Å². The minimum atomic E-state index is -3.91. The monoisotopic (exact) mass is 734 g/mol. The van der Waals surface area contributed by atoms with E-state index < -0.39 is 74.4 Å². The van der Waals surface area contributed by atoms with Crippen molar-refractivity contribution in [2.24, 2.45) is 5.92 Å². The Morgan fingerprint density at radius 2 is 1.90 bits per heavy atom. The minimum absolute atomic E-state index is 0.0228. The summed E-state index contributed by atoms with van der Waals surface area (Å²) in [5.41, 5.74) is -0.334. The number of hydrogen-bond donors (Lipinski definition) is 3. The molecule has 1 saturated heterocycles. The molecule has 3 fully saturated rings. The number of ether oxygens (including phenoxy) is 1. The SMILES string of the molecule is Cc1nc2ccc(F)cc2nc1O[C@@H]1C[C@H]2C(=O)N[C@]3(C(=O)NS(=O)(=O)C4CC4)C[C@H]3C=CCCCCC[C@H](NC(=O)c3ccncn3)C(=O)N2C1. The zero-order valence-corrected chi connectivity index (χ0v) is 29.3. The van der Waals surface area contributed by atoms with Gasteiger partial charge in [-0.1, -0.05) is 25.0 Å². The number of hydrogen-bond acceptors (Lipinski definition) is 11. The molecule has 2 aliphatic heterocycles. The summed E-state index contributed by atoms with van der Waals surface area (Å²) < 4.78 is 48.0. The summed E-state index contributed by atoms with van der Waals surface area (Å²) in [4.78, 5) is 73.7. The normalized spacial score (nSPS) is 26.7. The van der Waals surface area contributed by atoms with Crippen molar-refractivity contribution in [3.63, 3.8) is 0 Å². The van der Waals surface area contributed by atoms with Gasteiger partial charge in [0.1, 0.15) is 47.3 Å². The fourth-order valence-electron chi connectivity index (χ4n) is 6.87. The van der Waals surface area contributed by atoms with E-state index in [1.807, 2.05) is 12.2 Å². The number of benzene rings is 1. The van der Waals surface area contributed by atoms with Crippen LogP contribution in [-0.2, 0) is 24.4 Å². The van der Waals surface area contributed by atoms with Gasteiger partial charge in [-0.05, 0) is 63.6 Å². The maximum Gasteiger partial charge on any atom is 0.270 e. The molecule has 0 bridgehead atoms. The first-order chi connectivity index (χ1) is 24.9. The maximum atomic E-state index is 14.4. The highest BCUT2D eigenvalue weighted by Gasteiger charge is 2.62. The lowest BCUT2D eigenvalue weighted by molar-refractivity contribution is -0.141. The smallest absolute Gasteiger partial charge is 0.270 e. The van der Waals surface area contributed by atoms with E-state index in [0.29, 0.717) is 36.9 Å². The van der Waals surface area contributed by atoms with Crippen LogP contribution in [-0.4, -0.2) is 92.4 Å². The molecule has 5 atom stereocenters. The number of nitrogens with one attached hydrogen (secondary N) is 3. The van der Waals surface area contributed by atoms with Crippen LogP contribution in [0.1, 0.15) is 74.0 Å². The van der Waals surface area contributed by atoms with Gasteiger partial charge in [-0.25, -0.2) is 32.7 Å². The molecule has 52 heavy (non-hydrogen) atoms. The molecule has 15 nitrogen and oxygen atoms in total. The Bertz CT molecular complexity index is 2050. The van der Waals surface area contributed by atoms with Gasteiger partial charge in [0.15, 0.2) is 0 Å². The molecule has 0 radical (unpaired) electrons. The lowest BCUT2D eigenvalue weighted by Gasteiger charge is -2.29. The number of rotatable bonds is 7. The van der Waals surface area contributed by atoms with Crippen molar-refractivity contribution >= 4 is 44.7 Å². The Morgan fingerprint density at radius 1 is 1.08 bits per heavy atom. The van der Waals surface area contributed by atoms with Crippen LogP contribution in [0.15, 0.2) is 48.9 Å². The van der Waals surface area contributed by atoms with Crippen LogP contribution in [0.25, 0.3) is 11.0 Å². The Balaban J connectivity index is 1.19. The average molecular weight is 735 g/mol. The predicted octanol–water partition coefficient (Wildman–Crippen LogP) is 2.02. The second kappa shape index (κ2) is 14.2. The number of halogens is 1. The molecule has 3 aromatic rings. The summed E-state index contributed by atoms with van der Waals surface area (Å²) in [7, 11) is -3.91. The van der Waals surface area contributed by atoms with Crippen molar-refractivity contribution in [2.75, 3.05) is 6.54 Å². The lowest BCUT2D eigenvalue weighted by Crippen LogP contribution is -2.58. The Hall–Kier alpha value is -5.06. The highest BCUT2D eigenvalue weighted by molar-refractivity contribution is 7.91. The lowest BCUT2D eigenvalue weighted by atomic mass is 10.0. The van der Waals surface area contributed by atoms with Crippen molar-refractivity contribution in [1.29, 1.82) is 0 Å². The summed E-state index contributed by atoms with van der Waals surface area (Å²) in [5, 5.41) is 4.98. The maximum absolute atomic E-state index is 14.4. The quantitative estimate of drug-likeness (QED) is 0.300. The predicted molar refractivity (Wildman–Crippen MR) is 183 cm³/mol. The van der Waals surface area contributed by atoms with Gasteiger partial charge in [-0.3, -0.25) is 23.9 Å². The number of aromatic nitrogens is 4. The highest BCUT2D eigenvalue weighted by Crippen LogP contribution is 2.46. The molecule has 3 N–H and O–H groups in total. The van der Waals surface area contributed by atoms with E-state index in [0.717, 1.165) is 12.8 Å². The third kappa shape index (κ3) is 7.45. The van der Waals surface area contributed by atoms with Gasteiger partial charge in [0, 0.05) is 24.6 Å². The van der Waals surface area contributed by atoms with Crippen LogP contribution >= 0.6 is 0 Å². The number of carbonyl (C=O) groups excluding carboxylic acids is 4. The molecule has 2 saturated carbocycles. The molecule has 4 heterocycles. The molecular formula is C35H39FN8O7S. The molecule has 4 amide bonds. The van der Waals surface area contributed by atoms with E-state index in [2.05, 4.69) is 35.3 Å². The van der Waals surface area contributed by atoms with E-state index in [1.54, 1.807) is 6.92 Å². The summed E-state index contributed by atoms with van der Waals surface area (Å²) in [6.45, 7) is 1.59. The van der Waals surface area contributed by atoms with Crippen molar-refractivity contribution in [1.82, 2.24) is 40.2 Å². The van der Waals surface area contributed by atoms with Crippen LogP contribution in [0.3, 0.4) is 0 Å². The zero-order valence-electron chi connectivity index (χ0n) is 28.5. The van der Waals surface area contributed by atoms with Crippen molar-refractivity contribution in [3.05, 3.63) is 66.1 Å². The van der Waals surface area contributed by atoms with Gasteiger partial charge < -0.3 is 20.3 Å². The first-order valence-electron chi connectivity index (χ1n) is 17.5. The first kappa shape index (κ1) is 35.3. The van der Waals surface area contributed by atoms with E-state index in [-0.39, 0.29) is 42.9 Å². The fourth-order valence-corrected chi connectivity index (χ4v) is 8.24. The molecule has 0 unspecified atom stereocenters. The van der Waals surface area contributed by atoms with Gasteiger partial charge in [-0.2, -0.15) is 0 Å². The molecule has 4 aliphatic rings. The average Bonchev–Trinajstić information content (AvgIpc) is 4.04. The number of nitrogens with zero attached hydrogens (tertiary/aromatic N) is 5. The van der Waals surface area contributed by atoms with Crippen molar-refractivity contribution < 1.29 is 36.7 Å². The molecule has 1 aromatic carbocycles. The number of carbonyl (C=O) groups is 4. The molecular weight excluding hydrogens is 695 g/mol. The van der Waals surface area contributed by atoms with Crippen molar-refractivity contribution in [3.8, 4) is 5.88 Å². The third-order valence-electron chi connectivity index (χ3n) is 10.00. The van der Waals surface area contributed by atoms with Gasteiger partial charge in [0.25, 0.3) is 11.8 Å². The minimum Gasteiger partial charge on any atom is -0.471 e. The molecule has 17 heteroatoms. The summed E-state index contributed by atoms with van der Waals surface area (Å²) in [5.74, 6) is -3.47. The van der Waals surface area contributed by atoms with Gasteiger partial charge >= 0.3 is 0 Å². The van der Waals surface area contributed by atoms with E-state index in [1.165, 1.54) is 41.7 Å². The molecule has 2 aliphatic carbocycles.